The number of aryl methyl sites for hydroxylation is 1. The molecule has 0 unspecified atom stereocenters. The first-order valence-electron chi connectivity index (χ1n) is 14.5. The lowest BCUT2D eigenvalue weighted by Gasteiger charge is -2.40. The molecule has 3 N–H and O–H groups in total. The number of nitrogens with one attached hydrogen (secondary N) is 2. The molecule has 0 aromatic carbocycles. The van der Waals surface area contributed by atoms with Gasteiger partial charge in [0.1, 0.15) is 18.2 Å². The van der Waals surface area contributed by atoms with Gasteiger partial charge in [-0.15, -0.1) is 0 Å². The van der Waals surface area contributed by atoms with Crippen molar-refractivity contribution in [3.8, 4) is 22.6 Å². The minimum Gasteiger partial charge on any atom is -0.390 e. The Morgan fingerprint density at radius 3 is 2.42 bits per heavy atom. The zero-order valence-electron chi connectivity index (χ0n) is 24.6. The number of nitrogens with zero attached hydrogens (tertiary/aromatic N) is 7. The third kappa shape index (κ3) is 7.30. The van der Waals surface area contributed by atoms with Crippen molar-refractivity contribution in [1.82, 2.24) is 29.7 Å². The van der Waals surface area contributed by atoms with Gasteiger partial charge >= 0.3 is 6.18 Å². The van der Waals surface area contributed by atoms with Gasteiger partial charge in [0, 0.05) is 41.9 Å². The molecule has 6 rings (SSSR count). The van der Waals surface area contributed by atoms with E-state index in [1.807, 2.05) is 13.0 Å². The molecule has 5 heterocycles. The second-order valence-corrected chi connectivity index (χ2v) is 12.0. The maximum absolute atomic E-state index is 13.4. The van der Waals surface area contributed by atoms with E-state index >= 15 is 0 Å². The van der Waals surface area contributed by atoms with Crippen LogP contribution in [0.2, 0.25) is 0 Å². The lowest BCUT2D eigenvalue weighted by Crippen LogP contribution is -2.56. The number of hydrogen-bond donors (Lipinski definition) is 3. The normalized spacial score (nSPS) is 21.3. The average molecular weight is 630 g/mol. The van der Waals surface area contributed by atoms with Crippen LogP contribution in [0.15, 0.2) is 49.1 Å². The molecular formula is C30H32F5N9O. The molecule has 0 atom stereocenters. The maximum atomic E-state index is 13.4. The molecule has 4 aromatic rings. The van der Waals surface area contributed by atoms with E-state index in [9.17, 15) is 27.1 Å². The summed E-state index contributed by atoms with van der Waals surface area (Å²) in [5.74, 6) is -1.67. The highest BCUT2D eigenvalue weighted by Gasteiger charge is 2.44. The number of rotatable bonds is 8. The van der Waals surface area contributed by atoms with Crippen molar-refractivity contribution in [3.05, 3.63) is 54.7 Å². The van der Waals surface area contributed by atoms with Gasteiger partial charge in [-0.05, 0) is 57.7 Å². The van der Waals surface area contributed by atoms with Crippen molar-refractivity contribution < 1.29 is 27.1 Å². The Bertz CT molecular complexity index is 1660. The fourth-order valence-electron chi connectivity index (χ4n) is 5.57. The summed E-state index contributed by atoms with van der Waals surface area (Å²) in [5, 5.41) is 21.1. The molecule has 0 amide bonds. The molecule has 4 aromatic heterocycles. The largest absolute Gasteiger partial charge is 0.408 e. The smallest absolute Gasteiger partial charge is 0.390 e. The first-order chi connectivity index (χ1) is 21.2. The van der Waals surface area contributed by atoms with Crippen molar-refractivity contribution in [1.29, 1.82) is 0 Å². The van der Waals surface area contributed by atoms with Crippen molar-refractivity contribution in [3.63, 3.8) is 0 Å². The van der Waals surface area contributed by atoms with Gasteiger partial charge in [0.05, 0.1) is 47.5 Å². The average Bonchev–Trinajstić information content (AvgIpc) is 3.31. The van der Waals surface area contributed by atoms with Crippen molar-refractivity contribution in [2.75, 3.05) is 28.6 Å². The van der Waals surface area contributed by atoms with Gasteiger partial charge in [0.25, 0.3) is 5.92 Å². The Kier molecular flexibility index (Phi) is 7.83. The van der Waals surface area contributed by atoms with Crippen LogP contribution in [0, 0.1) is 6.92 Å². The quantitative estimate of drug-likeness (QED) is 0.203. The van der Waals surface area contributed by atoms with Gasteiger partial charge in [-0.2, -0.15) is 18.3 Å². The number of aromatic nitrogens is 6. The summed E-state index contributed by atoms with van der Waals surface area (Å²) < 4.78 is 66.2. The van der Waals surface area contributed by atoms with Crippen LogP contribution in [-0.2, 0) is 6.54 Å². The molecule has 1 aliphatic heterocycles. The van der Waals surface area contributed by atoms with Gasteiger partial charge < -0.3 is 20.6 Å². The molecule has 15 heteroatoms. The third-order valence-electron chi connectivity index (χ3n) is 8.00. The standard InChI is InChI=1S/C30H32F5N9O/c1-18-22(14-44(42-18)17-30(33,34)35)27-36-10-7-25(41-27)40-26-11-24(39-19-5-8-28(2,45)9-6-19)21(13-38-26)23-4-3-20(12-37-23)43-15-29(31,32)16-43/h3-4,7,10-14,19,45H,5-6,8-9,15-17H2,1-2H3,(H2,36,38,39,40,41). The van der Waals surface area contributed by atoms with Crippen molar-refractivity contribution >= 4 is 23.0 Å². The van der Waals surface area contributed by atoms with Crippen LogP contribution >= 0.6 is 0 Å². The summed E-state index contributed by atoms with van der Waals surface area (Å²) in [6.45, 7) is 1.53. The lowest BCUT2D eigenvalue weighted by molar-refractivity contribution is -0.142. The van der Waals surface area contributed by atoms with Gasteiger partial charge in [-0.3, -0.25) is 9.67 Å². The van der Waals surface area contributed by atoms with E-state index in [1.54, 1.807) is 42.4 Å². The number of halogens is 5. The SMILES string of the molecule is Cc1nn(CC(F)(F)F)cc1-c1nccc(Nc2cc(NC3CCC(C)(O)CC3)c(-c3ccc(N4CC(F)(F)C4)cn3)cn2)n1. The highest BCUT2D eigenvalue weighted by molar-refractivity contribution is 5.78. The molecule has 0 radical (unpaired) electrons. The fourth-order valence-corrected chi connectivity index (χ4v) is 5.57. The Balaban J connectivity index is 1.25. The number of hydrogen-bond acceptors (Lipinski definition) is 9. The molecule has 0 spiro atoms. The van der Waals surface area contributed by atoms with Gasteiger partial charge in [0.15, 0.2) is 5.82 Å². The van der Waals surface area contributed by atoms with Crippen molar-refractivity contribution in [2.45, 2.75) is 69.8 Å². The molecule has 45 heavy (non-hydrogen) atoms. The first kappa shape index (κ1) is 30.6. The molecule has 2 fully saturated rings. The Hall–Kier alpha value is -4.40. The van der Waals surface area contributed by atoms with E-state index in [0.29, 0.717) is 52.7 Å². The van der Waals surface area contributed by atoms with E-state index in [1.165, 1.54) is 12.4 Å². The minimum atomic E-state index is -4.41. The van der Waals surface area contributed by atoms with Crippen LogP contribution in [0.4, 0.5) is 45.0 Å². The zero-order valence-corrected chi connectivity index (χ0v) is 24.6. The Labute approximate surface area is 255 Å². The maximum Gasteiger partial charge on any atom is 0.408 e. The molecule has 0 bridgehead atoms. The second kappa shape index (κ2) is 11.5. The first-order valence-corrected chi connectivity index (χ1v) is 14.5. The summed E-state index contributed by atoms with van der Waals surface area (Å²) in [6.07, 6.45) is 4.36. The fraction of sp³-hybridized carbons (Fsp3) is 0.433. The van der Waals surface area contributed by atoms with Crippen LogP contribution in [0.1, 0.15) is 38.3 Å². The summed E-state index contributed by atoms with van der Waals surface area (Å²) in [7, 11) is 0. The molecule has 2 aliphatic rings. The molecular weight excluding hydrogens is 597 g/mol. The van der Waals surface area contributed by atoms with Gasteiger partial charge in [0.2, 0.25) is 0 Å². The predicted molar refractivity (Wildman–Crippen MR) is 158 cm³/mol. The van der Waals surface area contributed by atoms with Crippen LogP contribution in [0.5, 0.6) is 0 Å². The third-order valence-corrected chi connectivity index (χ3v) is 8.00. The minimum absolute atomic E-state index is 0.0867. The highest BCUT2D eigenvalue weighted by atomic mass is 19.4. The summed E-state index contributed by atoms with van der Waals surface area (Å²) >= 11 is 0. The Morgan fingerprint density at radius 1 is 1.00 bits per heavy atom. The lowest BCUT2D eigenvalue weighted by atomic mass is 9.83. The summed E-state index contributed by atoms with van der Waals surface area (Å²) in [6, 6.07) is 7.03. The van der Waals surface area contributed by atoms with E-state index in [2.05, 4.69) is 35.7 Å². The number of anilines is 4. The monoisotopic (exact) mass is 629 g/mol. The van der Waals surface area contributed by atoms with E-state index in [-0.39, 0.29) is 25.0 Å². The number of alkyl halides is 5. The van der Waals surface area contributed by atoms with E-state index in [4.69, 9.17) is 0 Å². The topological polar surface area (TPSA) is 117 Å². The Morgan fingerprint density at radius 2 is 1.76 bits per heavy atom. The van der Waals surface area contributed by atoms with E-state index in [0.717, 1.165) is 23.2 Å². The van der Waals surface area contributed by atoms with Crippen LogP contribution in [-0.4, -0.2) is 71.7 Å². The molecule has 1 aliphatic carbocycles. The summed E-state index contributed by atoms with van der Waals surface area (Å²) in [4.78, 5) is 19.4. The molecule has 238 valence electrons. The highest BCUT2D eigenvalue weighted by Crippen LogP contribution is 2.36. The van der Waals surface area contributed by atoms with Crippen LogP contribution in [0.3, 0.4) is 0 Å². The second-order valence-electron chi connectivity index (χ2n) is 12.0. The summed E-state index contributed by atoms with van der Waals surface area (Å²) in [5.41, 5.74) is 2.67. The van der Waals surface area contributed by atoms with Crippen molar-refractivity contribution in [2.24, 2.45) is 0 Å². The van der Waals surface area contributed by atoms with Gasteiger partial charge in [-0.1, -0.05) is 0 Å². The molecule has 10 nitrogen and oxygen atoms in total. The molecule has 1 saturated carbocycles. The number of aliphatic hydroxyl groups is 1. The van der Waals surface area contributed by atoms with Crippen LogP contribution in [0.25, 0.3) is 22.6 Å². The van der Waals surface area contributed by atoms with Gasteiger partial charge in [-0.25, -0.2) is 23.7 Å². The van der Waals surface area contributed by atoms with E-state index < -0.39 is 24.2 Å². The predicted octanol–water partition coefficient (Wildman–Crippen LogP) is 5.97. The van der Waals surface area contributed by atoms with Crippen LogP contribution < -0.4 is 15.5 Å². The molecule has 1 saturated heterocycles. The number of pyridine rings is 2. The zero-order chi connectivity index (χ0) is 32.0.